The van der Waals surface area contributed by atoms with Crippen molar-refractivity contribution in [3.63, 3.8) is 0 Å². The van der Waals surface area contributed by atoms with Crippen LogP contribution in [0.15, 0.2) is 11.2 Å². The van der Waals surface area contributed by atoms with Crippen LogP contribution in [0.4, 0.5) is 0 Å². The first kappa shape index (κ1) is 10.5. The molecule has 0 aliphatic heterocycles. The van der Waals surface area contributed by atoms with Crippen molar-refractivity contribution in [3.8, 4) is 0 Å². The Kier molecular flexibility index (Phi) is 3.69. The van der Waals surface area contributed by atoms with Crippen molar-refractivity contribution in [2.24, 2.45) is 4.99 Å². The SMILES string of the molecule is CN=C(C)N(C)Cc1cnc(Cl)s1. The van der Waals surface area contributed by atoms with Gasteiger partial charge in [-0.1, -0.05) is 11.6 Å². The third kappa shape index (κ3) is 2.97. The van der Waals surface area contributed by atoms with E-state index < -0.39 is 0 Å². The van der Waals surface area contributed by atoms with Crippen molar-refractivity contribution in [3.05, 3.63) is 15.5 Å². The summed E-state index contributed by atoms with van der Waals surface area (Å²) in [5, 5.41) is 0. The van der Waals surface area contributed by atoms with Gasteiger partial charge in [-0.25, -0.2) is 4.98 Å². The van der Waals surface area contributed by atoms with Crippen molar-refractivity contribution >= 4 is 28.8 Å². The summed E-state index contributed by atoms with van der Waals surface area (Å²) in [4.78, 5) is 11.3. The standard InChI is InChI=1S/C8H12ClN3S/c1-6(10-2)12(3)5-7-4-11-8(9)13-7/h4H,5H2,1-3H3. The first-order chi connectivity index (χ1) is 6.13. The number of rotatable bonds is 2. The molecule has 0 saturated carbocycles. The van der Waals surface area contributed by atoms with Crippen LogP contribution in [0, 0.1) is 0 Å². The molecule has 1 heterocycles. The van der Waals surface area contributed by atoms with Gasteiger partial charge in [-0.2, -0.15) is 0 Å². The van der Waals surface area contributed by atoms with E-state index in [1.807, 2.05) is 14.0 Å². The molecule has 0 saturated heterocycles. The van der Waals surface area contributed by atoms with Crippen LogP contribution in [0.5, 0.6) is 0 Å². The lowest BCUT2D eigenvalue weighted by molar-refractivity contribution is 0.501. The van der Waals surface area contributed by atoms with Crippen LogP contribution < -0.4 is 0 Å². The highest BCUT2D eigenvalue weighted by molar-refractivity contribution is 7.15. The summed E-state index contributed by atoms with van der Waals surface area (Å²) in [6.07, 6.45) is 1.80. The Balaban J connectivity index is 2.59. The fraction of sp³-hybridized carbons (Fsp3) is 0.500. The van der Waals surface area contributed by atoms with Crippen molar-refractivity contribution in [2.45, 2.75) is 13.5 Å². The molecule has 13 heavy (non-hydrogen) atoms. The number of thiazole rings is 1. The molecule has 0 aromatic carbocycles. The largest absolute Gasteiger partial charge is 0.358 e. The number of aliphatic imine (C=N–C) groups is 1. The molecule has 0 N–H and O–H groups in total. The Morgan fingerprint density at radius 3 is 2.92 bits per heavy atom. The van der Waals surface area contributed by atoms with Gasteiger partial charge >= 0.3 is 0 Å². The number of hydrogen-bond donors (Lipinski definition) is 0. The van der Waals surface area contributed by atoms with E-state index in [-0.39, 0.29) is 0 Å². The van der Waals surface area contributed by atoms with Crippen LogP contribution in [-0.4, -0.2) is 29.8 Å². The lowest BCUT2D eigenvalue weighted by atomic mass is 10.4. The second-order valence-electron chi connectivity index (χ2n) is 2.71. The predicted octanol–water partition coefficient (Wildman–Crippen LogP) is 2.28. The monoisotopic (exact) mass is 217 g/mol. The van der Waals surface area contributed by atoms with Crippen LogP contribution in [-0.2, 0) is 6.54 Å². The maximum atomic E-state index is 5.72. The quantitative estimate of drug-likeness (QED) is 0.562. The molecule has 5 heteroatoms. The van der Waals surface area contributed by atoms with Gasteiger partial charge in [-0.3, -0.25) is 4.99 Å². The van der Waals surface area contributed by atoms with Crippen molar-refractivity contribution in [1.29, 1.82) is 0 Å². The summed E-state index contributed by atoms with van der Waals surface area (Å²) < 4.78 is 0.592. The highest BCUT2D eigenvalue weighted by atomic mass is 35.5. The average molecular weight is 218 g/mol. The zero-order valence-corrected chi connectivity index (χ0v) is 9.48. The fourth-order valence-electron chi connectivity index (χ4n) is 0.876. The van der Waals surface area contributed by atoms with E-state index in [2.05, 4.69) is 14.9 Å². The minimum Gasteiger partial charge on any atom is -0.358 e. The van der Waals surface area contributed by atoms with Gasteiger partial charge in [0, 0.05) is 25.2 Å². The first-order valence-corrected chi connectivity index (χ1v) is 5.07. The molecule has 0 atom stereocenters. The zero-order valence-electron chi connectivity index (χ0n) is 7.91. The minimum atomic E-state index is 0.592. The number of hydrogen-bond acceptors (Lipinski definition) is 3. The first-order valence-electron chi connectivity index (χ1n) is 3.88. The molecule has 0 aliphatic carbocycles. The fourth-order valence-corrected chi connectivity index (χ4v) is 1.91. The van der Waals surface area contributed by atoms with Gasteiger partial charge in [0.1, 0.15) is 0 Å². The van der Waals surface area contributed by atoms with Gasteiger partial charge in [0.15, 0.2) is 4.47 Å². The molecule has 72 valence electrons. The molecule has 0 aliphatic rings. The summed E-state index contributed by atoms with van der Waals surface area (Å²) in [5.74, 6) is 1.00. The van der Waals surface area contributed by atoms with Crippen molar-refractivity contribution in [2.75, 3.05) is 14.1 Å². The van der Waals surface area contributed by atoms with E-state index in [0.717, 1.165) is 17.3 Å². The second kappa shape index (κ2) is 4.58. The summed E-state index contributed by atoms with van der Waals surface area (Å²) in [6, 6.07) is 0. The highest BCUT2D eigenvalue weighted by Crippen LogP contribution is 2.18. The second-order valence-corrected chi connectivity index (χ2v) is 4.40. The maximum absolute atomic E-state index is 5.72. The topological polar surface area (TPSA) is 28.5 Å². The van der Waals surface area contributed by atoms with Gasteiger partial charge in [-0.05, 0) is 6.92 Å². The molecule has 0 amide bonds. The molecule has 0 fully saturated rings. The van der Waals surface area contributed by atoms with Crippen LogP contribution >= 0.6 is 22.9 Å². The molecule has 0 radical (unpaired) electrons. The molecule has 1 rings (SSSR count). The van der Waals surface area contributed by atoms with E-state index in [0.29, 0.717) is 4.47 Å². The Labute approximate surface area is 87.1 Å². The Morgan fingerprint density at radius 2 is 2.46 bits per heavy atom. The normalized spacial score (nSPS) is 11.8. The average Bonchev–Trinajstić information content (AvgIpc) is 2.49. The van der Waals surface area contributed by atoms with E-state index in [9.17, 15) is 0 Å². The summed E-state index contributed by atoms with van der Waals surface area (Å²) in [7, 11) is 3.78. The van der Waals surface area contributed by atoms with Crippen LogP contribution in [0.1, 0.15) is 11.8 Å². The van der Waals surface area contributed by atoms with Gasteiger partial charge in [0.05, 0.1) is 12.4 Å². The van der Waals surface area contributed by atoms with E-state index in [1.54, 1.807) is 13.2 Å². The van der Waals surface area contributed by atoms with E-state index in [1.165, 1.54) is 11.3 Å². The smallest absolute Gasteiger partial charge is 0.183 e. The molecular formula is C8H12ClN3S. The van der Waals surface area contributed by atoms with Gasteiger partial charge in [-0.15, -0.1) is 11.3 Å². The van der Waals surface area contributed by atoms with Crippen LogP contribution in [0.25, 0.3) is 0 Å². The zero-order chi connectivity index (χ0) is 9.84. The van der Waals surface area contributed by atoms with Gasteiger partial charge in [0.2, 0.25) is 0 Å². The molecule has 1 aromatic heterocycles. The molecule has 1 aromatic rings. The third-order valence-corrected chi connectivity index (χ3v) is 2.89. The van der Waals surface area contributed by atoms with Crippen molar-refractivity contribution in [1.82, 2.24) is 9.88 Å². The Bertz CT molecular complexity index is 308. The lowest BCUT2D eigenvalue weighted by Gasteiger charge is -2.16. The van der Waals surface area contributed by atoms with Crippen molar-refractivity contribution < 1.29 is 0 Å². The van der Waals surface area contributed by atoms with Crippen LogP contribution in [0.3, 0.4) is 0 Å². The summed E-state index contributed by atoms with van der Waals surface area (Å²) >= 11 is 7.22. The molecule has 3 nitrogen and oxygen atoms in total. The molecule has 0 unspecified atom stereocenters. The summed E-state index contributed by atoms with van der Waals surface area (Å²) in [6.45, 7) is 2.79. The lowest BCUT2D eigenvalue weighted by Crippen LogP contribution is -2.22. The Morgan fingerprint density at radius 1 is 1.77 bits per heavy atom. The predicted molar refractivity (Wildman–Crippen MR) is 57.6 cm³/mol. The van der Waals surface area contributed by atoms with Crippen LogP contribution in [0.2, 0.25) is 4.47 Å². The number of aromatic nitrogens is 1. The number of amidine groups is 1. The van der Waals surface area contributed by atoms with Gasteiger partial charge in [0.25, 0.3) is 0 Å². The highest BCUT2D eigenvalue weighted by Gasteiger charge is 2.04. The van der Waals surface area contributed by atoms with Gasteiger partial charge < -0.3 is 4.90 Å². The van der Waals surface area contributed by atoms with E-state index in [4.69, 9.17) is 11.6 Å². The third-order valence-electron chi connectivity index (χ3n) is 1.79. The molecular weight excluding hydrogens is 206 g/mol. The number of halogens is 1. The summed E-state index contributed by atoms with van der Waals surface area (Å²) in [5.41, 5.74) is 0. The Hall–Kier alpha value is -0.610. The molecule has 0 spiro atoms. The maximum Gasteiger partial charge on any atom is 0.183 e. The molecule has 0 bridgehead atoms. The minimum absolute atomic E-state index is 0.592. The number of nitrogens with zero attached hydrogens (tertiary/aromatic N) is 3. The van der Waals surface area contributed by atoms with E-state index >= 15 is 0 Å².